The van der Waals surface area contributed by atoms with Gasteiger partial charge in [-0.05, 0) is 32.4 Å². The van der Waals surface area contributed by atoms with Crippen molar-refractivity contribution in [1.82, 2.24) is 14.3 Å². The summed E-state index contributed by atoms with van der Waals surface area (Å²) in [5.74, 6) is 0.861. The number of sulfonamides is 1. The predicted octanol–water partition coefficient (Wildman–Crippen LogP) is 3.12. The molecule has 0 amide bonds. The van der Waals surface area contributed by atoms with Crippen LogP contribution >= 0.6 is 0 Å². The predicted molar refractivity (Wildman–Crippen MR) is 92.3 cm³/mol. The van der Waals surface area contributed by atoms with E-state index in [0.29, 0.717) is 19.4 Å². The molecule has 7 heteroatoms. The van der Waals surface area contributed by atoms with Gasteiger partial charge < -0.3 is 8.98 Å². The molecule has 128 valence electrons. The lowest BCUT2D eigenvalue weighted by atomic mass is 10.2. The Hall–Kier alpha value is -2.12. The normalized spacial score (nSPS) is 12.3. The van der Waals surface area contributed by atoms with Crippen molar-refractivity contribution in [1.29, 1.82) is 0 Å². The molecule has 24 heavy (non-hydrogen) atoms. The number of hydrogen-bond acceptors (Lipinski definition) is 4. The van der Waals surface area contributed by atoms with E-state index in [4.69, 9.17) is 4.42 Å². The summed E-state index contributed by atoms with van der Waals surface area (Å²) in [6.07, 6.45) is 4.42. The quantitative estimate of drug-likeness (QED) is 0.666. The third kappa shape index (κ3) is 3.68. The highest BCUT2D eigenvalue weighted by molar-refractivity contribution is 7.89. The summed E-state index contributed by atoms with van der Waals surface area (Å²) < 4.78 is 34.5. The molecule has 0 saturated heterocycles. The number of nitrogens with one attached hydrogen (secondary N) is 1. The Morgan fingerprint density at radius 1 is 1.29 bits per heavy atom. The lowest BCUT2D eigenvalue weighted by Gasteiger charge is -2.05. The van der Waals surface area contributed by atoms with Crippen LogP contribution in [-0.2, 0) is 16.4 Å². The number of aromatic nitrogens is 2. The summed E-state index contributed by atoms with van der Waals surface area (Å²) in [6, 6.07) is 9.98. The zero-order chi connectivity index (χ0) is 17.2. The molecule has 0 saturated carbocycles. The van der Waals surface area contributed by atoms with Crippen molar-refractivity contribution in [3.63, 3.8) is 0 Å². The highest BCUT2D eigenvalue weighted by Crippen LogP contribution is 2.19. The van der Waals surface area contributed by atoms with Gasteiger partial charge in [-0.1, -0.05) is 18.2 Å². The van der Waals surface area contributed by atoms with Crippen LogP contribution in [0.15, 0.2) is 52.3 Å². The summed E-state index contributed by atoms with van der Waals surface area (Å²) in [5.41, 5.74) is 0.854. The first-order chi connectivity index (χ1) is 11.5. The first kappa shape index (κ1) is 16.7. The average Bonchev–Trinajstić information content (AvgIpc) is 3.18. The largest absolute Gasteiger partial charge is 0.461 e. The maximum Gasteiger partial charge on any atom is 0.259 e. The molecule has 2 aromatic heterocycles. The van der Waals surface area contributed by atoms with E-state index in [9.17, 15) is 8.42 Å². The Morgan fingerprint density at radius 3 is 2.79 bits per heavy atom. The lowest BCUT2D eigenvalue weighted by Crippen LogP contribution is -2.25. The van der Waals surface area contributed by atoms with Crippen LogP contribution in [0.1, 0.15) is 32.1 Å². The number of nitrogens with zero attached hydrogens (tertiary/aromatic N) is 2. The van der Waals surface area contributed by atoms with Gasteiger partial charge in [-0.25, -0.2) is 18.1 Å². The van der Waals surface area contributed by atoms with Crippen LogP contribution in [-0.4, -0.2) is 24.5 Å². The van der Waals surface area contributed by atoms with Crippen LogP contribution in [0.2, 0.25) is 0 Å². The maximum absolute atomic E-state index is 12.2. The average molecular weight is 347 g/mol. The second kappa shape index (κ2) is 6.78. The van der Waals surface area contributed by atoms with Gasteiger partial charge in [0.15, 0.2) is 5.03 Å². The Labute approximate surface area is 141 Å². The van der Waals surface area contributed by atoms with Crippen molar-refractivity contribution in [3.05, 3.63) is 48.6 Å². The van der Waals surface area contributed by atoms with E-state index in [-0.39, 0.29) is 11.1 Å². The van der Waals surface area contributed by atoms with Crippen LogP contribution < -0.4 is 4.72 Å². The highest BCUT2D eigenvalue weighted by atomic mass is 32.2. The number of para-hydroxylation sites is 1. The Morgan fingerprint density at radius 2 is 2.08 bits per heavy atom. The zero-order valence-electron chi connectivity index (χ0n) is 13.8. The van der Waals surface area contributed by atoms with Gasteiger partial charge in [-0.15, -0.1) is 0 Å². The van der Waals surface area contributed by atoms with Crippen LogP contribution in [0.4, 0.5) is 0 Å². The minimum atomic E-state index is -3.56. The molecule has 1 N–H and O–H groups in total. The van der Waals surface area contributed by atoms with Crippen LogP contribution in [0.25, 0.3) is 11.0 Å². The number of furan rings is 1. The van der Waals surface area contributed by atoms with Crippen molar-refractivity contribution in [2.24, 2.45) is 0 Å². The minimum Gasteiger partial charge on any atom is -0.461 e. The molecule has 0 atom stereocenters. The fourth-order valence-electron chi connectivity index (χ4n) is 2.44. The number of rotatable bonds is 7. The van der Waals surface area contributed by atoms with Gasteiger partial charge >= 0.3 is 0 Å². The summed E-state index contributed by atoms with van der Waals surface area (Å²) in [7, 11) is -3.56. The van der Waals surface area contributed by atoms with E-state index < -0.39 is 10.0 Å². The Bertz CT molecular complexity index is 892. The molecule has 0 aliphatic heterocycles. The van der Waals surface area contributed by atoms with E-state index in [0.717, 1.165) is 16.7 Å². The van der Waals surface area contributed by atoms with Gasteiger partial charge in [0.05, 0.1) is 6.33 Å². The molecule has 2 heterocycles. The zero-order valence-corrected chi connectivity index (χ0v) is 14.6. The lowest BCUT2D eigenvalue weighted by molar-refractivity contribution is 0.533. The van der Waals surface area contributed by atoms with Crippen LogP contribution in [0.3, 0.4) is 0 Å². The monoisotopic (exact) mass is 347 g/mol. The summed E-state index contributed by atoms with van der Waals surface area (Å²) >= 11 is 0. The highest BCUT2D eigenvalue weighted by Gasteiger charge is 2.17. The molecule has 0 aliphatic rings. The molecule has 0 unspecified atom stereocenters. The van der Waals surface area contributed by atoms with Crippen molar-refractivity contribution >= 4 is 21.0 Å². The van der Waals surface area contributed by atoms with E-state index in [1.807, 2.05) is 44.2 Å². The van der Waals surface area contributed by atoms with Crippen LogP contribution in [0.5, 0.6) is 0 Å². The molecule has 3 rings (SSSR count). The standard InChI is InChI=1S/C17H21N3O3S/c1-13(2)20-11-17(18-12-20)24(21,22)19-9-5-7-15-10-14-6-3-4-8-16(14)23-15/h3-4,6,8,10-13,19H,5,7,9H2,1-2H3. The summed E-state index contributed by atoms with van der Waals surface area (Å²) in [5, 5.41) is 1.12. The van der Waals surface area contributed by atoms with Crippen molar-refractivity contribution in [2.75, 3.05) is 6.54 Å². The van der Waals surface area contributed by atoms with Gasteiger partial charge in [0.25, 0.3) is 10.0 Å². The fourth-order valence-corrected chi connectivity index (χ4v) is 3.45. The molecule has 0 fully saturated rings. The number of fused-ring (bicyclic) bond motifs is 1. The van der Waals surface area contributed by atoms with Crippen molar-refractivity contribution in [3.8, 4) is 0 Å². The molecule has 0 aliphatic carbocycles. The maximum atomic E-state index is 12.2. The van der Waals surface area contributed by atoms with E-state index in [1.54, 1.807) is 10.8 Å². The third-order valence-corrected chi connectivity index (χ3v) is 5.16. The number of imidazole rings is 1. The molecule has 0 bridgehead atoms. The second-order valence-electron chi connectivity index (χ2n) is 6.00. The van der Waals surface area contributed by atoms with Crippen molar-refractivity contribution < 1.29 is 12.8 Å². The van der Waals surface area contributed by atoms with E-state index >= 15 is 0 Å². The number of hydrogen-bond donors (Lipinski definition) is 1. The SMILES string of the molecule is CC(C)n1cnc(S(=O)(=O)NCCCc2cc3ccccc3o2)c1. The third-order valence-electron chi connectivity index (χ3n) is 3.82. The van der Waals surface area contributed by atoms with Gasteiger partial charge in [-0.3, -0.25) is 0 Å². The van der Waals surface area contributed by atoms with Gasteiger partial charge in [0, 0.05) is 30.6 Å². The molecule has 3 aromatic rings. The Balaban J connectivity index is 1.55. The van der Waals surface area contributed by atoms with Crippen LogP contribution in [0, 0.1) is 0 Å². The van der Waals surface area contributed by atoms with Gasteiger partial charge in [0.2, 0.25) is 0 Å². The first-order valence-corrected chi connectivity index (χ1v) is 9.44. The summed E-state index contributed by atoms with van der Waals surface area (Å²) in [4.78, 5) is 3.97. The van der Waals surface area contributed by atoms with Gasteiger partial charge in [-0.2, -0.15) is 0 Å². The first-order valence-electron chi connectivity index (χ1n) is 7.96. The van der Waals surface area contributed by atoms with Crippen molar-refractivity contribution in [2.45, 2.75) is 37.8 Å². The smallest absolute Gasteiger partial charge is 0.259 e. The molecule has 0 radical (unpaired) electrons. The number of aryl methyl sites for hydroxylation is 1. The van der Waals surface area contributed by atoms with E-state index in [1.165, 1.54) is 6.33 Å². The molecule has 0 spiro atoms. The second-order valence-corrected chi connectivity index (χ2v) is 7.72. The fraction of sp³-hybridized carbons (Fsp3) is 0.353. The topological polar surface area (TPSA) is 77.1 Å². The summed E-state index contributed by atoms with van der Waals surface area (Å²) in [6.45, 7) is 4.28. The number of benzene rings is 1. The Kier molecular flexibility index (Phi) is 4.73. The molecular weight excluding hydrogens is 326 g/mol. The molecular formula is C17H21N3O3S. The van der Waals surface area contributed by atoms with Gasteiger partial charge in [0.1, 0.15) is 11.3 Å². The minimum absolute atomic E-state index is 0.0555. The molecule has 1 aromatic carbocycles. The molecule has 6 nitrogen and oxygen atoms in total. The van der Waals surface area contributed by atoms with E-state index in [2.05, 4.69) is 9.71 Å².